The molecule has 2 aliphatic carbocycles. The Morgan fingerprint density at radius 1 is 1.20 bits per heavy atom. The van der Waals surface area contributed by atoms with Crippen LogP contribution < -0.4 is 5.73 Å². The molecular formula is C16H28N4. The van der Waals surface area contributed by atoms with Crippen molar-refractivity contribution in [3.63, 3.8) is 0 Å². The van der Waals surface area contributed by atoms with Crippen LogP contribution >= 0.6 is 0 Å². The Balaban J connectivity index is 1.75. The van der Waals surface area contributed by atoms with Crippen LogP contribution in [0.5, 0.6) is 0 Å². The fourth-order valence-corrected chi connectivity index (χ4v) is 4.57. The summed E-state index contributed by atoms with van der Waals surface area (Å²) in [6.45, 7) is 0. The highest BCUT2D eigenvalue weighted by Gasteiger charge is 2.42. The van der Waals surface area contributed by atoms with Crippen LogP contribution in [0.25, 0.3) is 0 Å². The van der Waals surface area contributed by atoms with E-state index in [4.69, 9.17) is 5.73 Å². The summed E-state index contributed by atoms with van der Waals surface area (Å²) in [5, 5.41) is 8.33. The SMILES string of the molecule is Cn1cc(CC2(N)CCCCC2C2CCCCC2)nn1. The highest BCUT2D eigenvalue weighted by molar-refractivity contribution is 5.07. The smallest absolute Gasteiger partial charge is 0.0845 e. The molecule has 1 aromatic heterocycles. The lowest BCUT2D eigenvalue weighted by molar-refractivity contribution is 0.0988. The summed E-state index contributed by atoms with van der Waals surface area (Å²) in [6, 6.07) is 0. The molecule has 0 radical (unpaired) electrons. The van der Waals surface area contributed by atoms with Crippen molar-refractivity contribution in [2.24, 2.45) is 24.6 Å². The van der Waals surface area contributed by atoms with Gasteiger partial charge in [-0.2, -0.15) is 0 Å². The molecule has 0 amide bonds. The molecule has 2 fully saturated rings. The highest BCUT2D eigenvalue weighted by Crippen LogP contribution is 2.43. The first kappa shape index (κ1) is 14.1. The summed E-state index contributed by atoms with van der Waals surface area (Å²) < 4.78 is 1.79. The van der Waals surface area contributed by atoms with Gasteiger partial charge in [-0.05, 0) is 24.7 Å². The minimum atomic E-state index is -0.0453. The van der Waals surface area contributed by atoms with Crippen LogP contribution in [-0.2, 0) is 13.5 Å². The maximum atomic E-state index is 6.90. The maximum Gasteiger partial charge on any atom is 0.0845 e. The Bertz CT molecular complexity index is 435. The molecule has 1 aromatic rings. The van der Waals surface area contributed by atoms with E-state index in [1.807, 2.05) is 13.2 Å². The normalized spacial score (nSPS) is 32.4. The second-order valence-corrected chi connectivity index (χ2v) is 7.04. The van der Waals surface area contributed by atoms with Crippen molar-refractivity contribution in [2.45, 2.75) is 69.7 Å². The van der Waals surface area contributed by atoms with Gasteiger partial charge in [-0.15, -0.1) is 5.10 Å². The Morgan fingerprint density at radius 3 is 2.65 bits per heavy atom. The fraction of sp³-hybridized carbons (Fsp3) is 0.875. The molecule has 0 aliphatic heterocycles. The number of hydrogen-bond acceptors (Lipinski definition) is 3. The van der Waals surface area contributed by atoms with Crippen molar-refractivity contribution >= 4 is 0 Å². The van der Waals surface area contributed by atoms with Crippen molar-refractivity contribution in [2.75, 3.05) is 0 Å². The van der Waals surface area contributed by atoms with Gasteiger partial charge in [-0.25, -0.2) is 0 Å². The van der Waals surface area contributed by atoms with Gasteiger partial charge in [0.2, 0.25) is 0 Å². The minimum Gasteiger partial charge on any atom is -0.324 e. The van der Waals surface area contributed by atoms with E-state index >= 15 is 0 Å². The largest absolute Gasteiger partial charge is 0.324 e. The third kappa shape index (κ3) is 2.90. The molecule has 4 nitrogen and oxygen atoms in total. The van der Waals surface area contributed by atoms with Gasteiger partial charge in [0.05, 0.1) is 5.69 Å². The third-order valence-corrected chi connectivity index (χ3v) is 5.53. The Kier molecular flexibility index (Phi) is 4.11. The van der Waals surface area contributed by atoms with E-state index in [0.717, 1.165) is 24.5 Å². The monoisotopic (exact) mass is 276 g/mol. The van der Waals surface area contributed by atoms with Gasteiger partial charge in [-0.1, -0.05) is 50.2 Å². The summed E-state index contributed by atoms with van der Waals surface area (Å²) in [4.78, 5) is 0. The summed E-state index contributed by atoms with van der Waals surface area (Å²) in [5.74, 6) is 1.55. The Hall–Kier alpha value is -0.900. The van der Waals surface area contributed by atoms with E-state index in [1.54, 1.807) is 4.68 Å². The highest BCUT2D eigenvalue weighted by atomic mass is 15.4. The lowest BCUT2D eigenvalue weighted by atomic mass is 9.63. The van der Waals surface area contributed by atoms with Crippen LogP contribution in [0.2, 0.25) is 0 Å². The number of rotatable bonds is 3. The van der Waals surface area contributed by atoms with Crippen LogP contribution in [-0.4, -0.2) is 20.5 Å². The zero-order valence-corrected chi connectivity index (χ0v) is 12.7. The number of nitrogens with two attached hydrogens (primary N) is 1. The fourth-order valence-electron chi connectivity index (χ4n) is 4.57. The third-order valence-electron chi connectivity index (χ3n) is 5.53. The predicted octanol–water partition coefficient (Wildman–Crippen LogP) is 2.83. The van der Waals surface area contributed by atoms with E-state index < -0.39 is 0 Å². The summed E-state index contributed by atoms with van der Waals surface area (Å²) in [5.41, 5.74) is 7.92. The van der Waals surface area contributed by atoms with E-state index in [2.05, 4.69) is 10.3 Å². The van der Waals surface area contributed by atoms with Crippen LogP contribution in [0, 0.1) is 11.8 Å². The zero-order chi connectivity index (χ0) is 14.0. The Morgan fingerprint density at radius 2 is 1.95 bits per heavy atom. The summed E-state index contributed by atoms with van der Waals surface area (Å²) >= 11 is 0. The molecule has 2 N–H and O–H groups in total. The molecule has 0 bridgehead atoms. The molecular weight excluding hydrogens is 248 g/mol. The van der Waals surface area contributed by atoms with Crippen molar-refractivity contribution in [3.05, 3.63) is 11.9 Å². The molecule has 4 heteroatoms. The average Bonchev–Trinajstić information content (AvgIpc) is 2.85. The molecule has 0 saturated heterocycles. The molecule has 20 heavy (non-hydrogen) atoms. The quantitative estimate of drug-likeness (QED) is 0.923. The molecule has 0 aromatic carbocycles. The maximum absolute atomic E-state index is 6.90. The van der Waals surface area contributed by atoms with Gasteiger partial charge < -0.3 is 5.73 Å². The van der Waals surface area contributed by atoms with Crippen molar-refractivity contribution < 1.29 is 0 Å². The van der Waals surface area contributed by atoms with Gasteiger partial charge >= 0.3 is 0 Å². The zero-order valence-electron chi connectivity index (χ0n) is 12.7. The van der Waals surface area contributed by atoms with Gasteiger partial charge in [0.1, 0.15) is 0 Å². The first-order chi connectivity index (χ1) is 9.67. The molecule has 2 aliphatic rings. The second-order valence-electron chi connectivity index (χ2n) is 7.04. The van der Waals surface area contributed by atoms with Crippen LogP contribution in [0.4, 0.5) is 0 Å². The number of aryl methyl sites for hydroxylation is 1. The van der Waals surface area contributed by atoms with Crippen molar-refractivity contribution in [3.8, 4) is 0 Å². The van der Waals surface area contributed by atoms with Gasteiger partial charge in [0.25, 0.3) is 0 Å². The van der Waals surface area contributed by atoms with Crippen LogP contribution in [0.3, 0.4) is 0 Å². The molecule has 0 spiro atoms. The molecule has 2 unspecified atom stereocenters. The molecule has 3 rings (SSSR count). The molecule has 2 atom stereocenters. The number of nitrogens with zero attached hydrogens (tertiary/aromatic N) is 3. The lowest BCUT2D eigenvalue weighted by Gasteiger charge is -2.46. The van der Waals surface area contributed by atoms with Crippen LogP contribution in [0.1, 0.15) is 63.5 Å². The lowest BCUT2D eigenvalue weighted by Crippen LogP contribution is -2.54. The second kappa shape index (κ2) is 5.84. The number of hydrogen-bond donors (Lipinski definition) is 1. The van der Waals surface area contributed by atoms with Crippen LogP contribution in [0.15, 0.2) is 6.20 Å². The molecule has 1 heterocycles. The van der Waals surface area contributed by atoms with E-state index in [0.29, 0.717) is 5.92 Å². The average molecular weight is 276 g/mol. The molecule has 2 saturated carbocycles. The van der Waals surface area contributed by atoms with E-state index in [-0.39, 0.29) is 5.54 Å². The summed E-state index contributed by atoms with van der Waals surface area (Å²) in [7, 11) is 1.93. The predicted molar refractivity (Wildman–Crippen MR) is 80.2 cm³/mol. The first-order valence-corrected chi connectivity index (χ1v) is 8.31. The Labute approximate surface area is 122 Å². The topological polar surface area (TPSA) is 56.7 Å². The van der Waals surface area contributed by atoms with Gasteiger partial charge in [0.15, 0.2) is 0 Å². The van der Waals surface area contributed by atoms with Crippen molar-refractivity contribution in [1.82, 2.24) is 15.0 Å². The van der Waals surface area contributed by atoms with E-state index in [9.17, 15) is 0 Å². The number of aromatic nitrogens is 3. The van der Waals surface area contributed by atoms with Gasteiger partial charge in [-0.3, -0.25) is 4.68 Å². The van der Waals surface area contributed by atoms with E-state index in [1.165, 1.54) is 51.4 Å². The minimum absolute atomic E-state index is 0.0453. The van der Waals surface area contributed by atoms with Gasteiger partial charge in [0, 0.05) is 25.2 Å². The standard InChI is InChI=1S/C16H28N4/c1-20-12-14(18-19-20)11-16(17)10-6-5-9-15(16)13-7-3-2-4-8-13/h12-13,15H,2-11,17H2,1H3. The molecule has 112 valence electrons. The summed E-state index contributed by atoms with van der Waals surface area (Å²) in [6.07, 6.45) is 15.1. The first-order valence-electron chi connectivity index (χ1n) is 8.31. The van der Waals surface area contributed by atoms with Crippen molar-refractivity contribution in [1.29, 1.82) is 0 Å².